The number of rotatable bonds is 2. The molecule has 0 amide bonds. The first kappa shape index (κ1) is 10.8. The molecule has 1 atom stereocenters. The summed E-state index contributed by atoms with van der Waals surface area (Å²) in [6.07, 6.45) is 10.6. The molecule has 0 heterocycles. The minimum atomic E-state index is -0.270. The molecule has 0 aromatic heterocycles. The van der Waals surface area contributed by atoms with Gasteiger partial charge in [0.1, 0.15) is 0 Å². The molecule has 90 valence electrons. The van der Waals surface area contributed by atoms with E-state index in [2.05, 4.69) is 13.0 Å². The first-order chi connectivity index (χ1) is 7.57. The summed E-state index contributed by atoms with van der Waals surface area (Å²) in [6.45, 7) is 4.14. The maximum Gasteiger partial charge on any atom is 0.0695 e. The Kier molecular flexibility index (Phi) is 2.43. The lowest BCUT2D eigenvalue weighted by atomic mass is 9.48. The summed E-state index contributed by atoms with van der Waals surface area (Å²) in [4.78, 5) is 0. The van der Waals surface area contributed by atoms with Gasteiger partial charge in [-0.05, 0) is 75.5 Å². The Morgan fingerprint density at radius 1 is 1.12 bits per heavy atom. The second kappa shape index (κ2) is 3.60. The standard InChI is InChI=1S/C15H24O/c1-10(3-11(2)16)15-7-12-4-13(8-15)6-14(5-12)9-15/h3,11-14,16H,4-9H2,1-2H3/b10-3-. The van der Waals surface area contributed by atoms with Gasteiger partial charge < -0.3 is 5.11 Å². The summed E-state index contributed by atoms with van der Waals surface area (Å²) >= 11 is 0. The van der Waals surface area contributed by atoms with Gasteiger partial charge in [0.05, 0.1) is 6.10 Å². The fraction of sp³-hybridized carbons (Fsp3) is 0.867. The van der Waals surface area contributed by atoms with E-state index in [0.29, 0.717) is 5.41 Å². The van der Waals surface area contributed by atoms with Crippen LogP contribution in [0.2, 0.25) is 0 Å². The highest BCUT2D eigenvalue weighted by Crippen LogP contribution is 2.62. The fourth-order valence-corrected chi connectivity index (χ4v) is 5.13. The van der Waals surface area contributed by atoms with Crippen molar-refractivity contribution in [2.24, 2.45) is 23.2 Å². The number of allylic oxidation sites excluding steroid dienone is 1. The molecule has 0 aromatic rings. The van der Waals surface area contributed by atoms with Gasteiger partial charge in [0, 0.05) is 0 Å². The van der Waals surface area contributed by atoms with Crippen molar-refractivity contribution < 1.29 is 5.11 Å². The van der Waals surface area contributed by atoms with E-state index in [1.54, 1.807) is 0 Å². The Labute approximate surface area is 98.9 Å². The van der Waals surface area contributed by atoms with Gasteiger partial charge in [-0.25, -0.2) is 0 Å². The van der Waals surface area contributed by atoms with Crippen LogP contribution in [0.3, 0.4) is 0 Å². The average Bonchev–Trinajstić information content (AvgIpc) is 2.13. The molecule has 0 saturated heterocycles. The van der Waals surface area contributed by atoms with E-state index in [0.717, 1.165) is 17.8 Å². The van der Waals surface area contributed by atoms with E-state index in [4.69, 9.17) is 0 Å². The first-order valence-electron chi connectivity index (χ1n) is 6.94. The smallest absolute Gasteiger partial charge is 0.0695 e. The zero-order chi connectivity index (χ0) is 11.3. The molecule has 0 aromatic carbocycles. The molecule has 1 unspecified atom stereocenters. The van der Waals surface area contributed by atoms with Crippen molar-refractivity contribution in [2.45, 2.75) is 58.5 Å². The minimum Gasteiger partial charge on any atom is -0.389 e. The molecule has 0 spiro atoms. The summed E-state index contributed by atoms with van der Waals surface area (Å²) < 4.78 is 0. The van der Waals surface area contributed by atoms with Crippen molar-refractivity contribution >= 4 is 0 Å². The highest BCUT2D eigenvalue weighted by molar-refractivity contribution is 5.19. The van der Waals surface area contributed by atoms with Crippen LogP contribution >= 0.6 is 0 Å². The van der Waals surface area contributed by atoms with Crippen LogP contribution in [0.5, 0.6) is 0 Å². The summed E-state index contributed by atoms with van der Waals surface area (Å²) in [5.74, 6) is 3.01. The Bertz CT molecular complexity index is 278. The maximum atomic E-state index is 9.55. The van der Waals surface area contributed by atoms with Gasteiger partial charge in [0.2, 0.25) is 0 Å². The van der Waals surface area contributed by atoms with Gasteiger partial charge in [-0.15, -0.1) is 0 Å². The second-order valence-electron chi connectivity index (χ2n) is 6.79. The third-order valence-corrected chi connectivity index (χ3v) is 5.37. The van der Waals surface area contributed by atoms with E-state index in [1.807, 2.05) is 6.92 Å². The lowest BCUT2D eigenvalue weighted by molar-refractivity contribution is -0.0310. The largest absolute Gasteiger partial charge is 0.389 e. The van der Waals surface area contributed by atoms with Crippen LogP contribution < -0.4 is 0 Å². The lowest BCUT2D eigenvalue weighted by Crippen LogP contribution is -2.46. The molecular formula is C15H24O. The summed E-state index contributed by atoms with van der Waals surface area (Å²) in [5, 5.41) is 9.55. The van der Waals surface area contributed by atoms with Crippen LogP contribution in [-0.2, 0) is 0 Å². The summed E-state index contributed by atoms with van der Waals surface area (Å²) in [5.41, 5.74) is 1.98. The topological polar surface area (TPSA) is 20.2 Å². The monoisotopic (exact) mass is 220 g/mol. The quantitative estimate of drug-likeness (QED) is 0.706. The predicted octanol–water partition coefficient (Wildman–Crippen LogP) is 3.53. The molecule has 4 rings (SSSR count). The Morgan fingerprint density at radius 3 is 1.94 bits per heavy atom. The van der Waals surface area contributed by atoms with Crippen molar-refractivity contribution in [3.63, 3.8) is 0 Å². The van der Waals surface area contributed by atoms with Crippen LogP contribution in [0.15, 0.2) is 11.6 Å². The first-order valence-corrected chi connectivity index (χ1v) is 6.94. The Morgan fingerprint density at radius 2 is 1.56 bits per heavy atom. The number of aliphatic hydroxyl groups is 1. The van der Waals surface area contributed by atoms with Crippen LogP contribution in [0.1, 0.15) is 52.4 Å². The van der Waals surface area contributed by atoms with Crippen molar-refractivity contribution in [3.05, 3.63) is 11.6 Å². The minimum absolute atomic E-state index is 0.270. The Hall–Kier alpha value is -0.300. The molecular weight excluding hydrogens is 196 g/mol. The zero-order valence-electron chi connectivity index (χ0n) is 10.6. The molecule has 16 heavy (non-hydrogen) atoms. The molecule has 1 heteroatoms. The molecule has 4 saturated carbocycles. The van der Waals surface area contributed by atoms with Crippen LogP contribution in [0.25, 0.3) is 0 Å². The number of hydrogen-bond acceptors (Lipinski definition) is 1. The molecule has 4 aliphatic carbocycles. The van der Waals surface area contributed by atoms with Crippen LogP contribution in [0.4, 0.5) is 0 Å². The third kappa shape index (κ3) is 1.64. The van der Waals surface area contributed by atoms with Gasteiger partial charge >= 0.3 is 0 Å². The molecule has 0 aliphatic heterocycles. The molecule has 4 bridgehead atoms. The van der Waals surface area contributed by atoms with Gasteiger partial charge in [-0.1, -0.05) is 11.6 Å². The zero-order valence-corrected chi connectivity index (χ0v) is 10.6. The normalized spacial score (nSPS) is 48.4. The van der Waals surface area contributed by atoms with Gasteiger partial charge in [0.25, 0.3) is 0 Å². The molecule has 1 nitrogen and oxygen atoms in total. The predicted molar refractivity (Wildman–Crippen MR) is 66.0 cm³/mol. The van der Waals surface area contributed by atoms with E-state index in [-0.39, 0.29) is 6.10 Å². The van der Waals surface area contributed by atoms with Gasteiger partial charge in [-0.2, -0.15) is 0 Å². The maximum absolute atomic E-state index is 9.55. The van der Waals surface area contributed by atoms with Crippen molar-refractivity contribution in [3.8, 4) is 0 Å². The second-order valence-corrected chi connectivity index (χ2v) is 6.79. The highest BCUT2D eigenvalue weighted by Gasteiger charge is 2.51. The lowest BCUT2D eigenvalue weighted by Gasteiger charge is -2.57. The van der Waals surface area contributed by atoms with E-state index in [1.165, 1.54) is 44.1 Å². The van der Waals surface area contributed by atoms with Gasteiger partial charge in [-0.3, -0.25) is 0 Å². The average molecular weight is 220 g/mol. The SMILES string of the molecule is C/C(=C/C(C)O)C12CC3CC(CC(C3)C1)C2. The number of hydrogen-bond donors (Lipinski definition) is 1. The molecule has 0 radical (unpaired) electrons. The number of aliphatic hydroxyl groups excluding tert-OH is 1. The van der Waals surface area contributed by atoms with Crippen LogP contribution in [-0.4, -0.2) is 11.2 Å². The van der Waals surface area contributed by atoms with E-state index in [9.17, 15) is 5.11 Å². The van der Waals surface area contributed by atoms with E-state index >= 15 is 0 Å². The van der Waals surface area contributed by atoms with Gasteiger partial charge in [0.15, 0.2) is 0 Å². The molecule has 4 aliphatic rings. The molecule has 4 fully saturated rings. The van der Waals surface area contributed by atoms with Crippen molar-refractivity contribution in [2.75, 3.05) is 0 Å². The summed E-state index contributed by atoms with van der Waals surface area (Å²) in [6, 6.07) is 0. The van der Waals surface area contributed by atoms with Crippen molar-refractivity contribution in [1.29, 1.82) is 0 Å². The van der Waals surface area contributed by atoms with Crippen molar-refractivity contribution in [1.82, 2.24) is 0 Å². The van der Waals surface area contributed by atoms with E-state index < -0.39 is 0 Å². The van der Waals surface area contributed by atoms with Crippen LogP contribution in [0, 0.1) is 23.2 Å². The third-order valence-electron chi connectivity index (χ3n) is 5.37. The Balaban J connectivity index is 1.88. The fourth-order valence-electron chi connectivity index (χ4n) is 5.13. The highest BCUT2D eigenvalue weighted by atomic mass is 16.3. The summed E-state index contributed by atoms with van der Waals surface area (Å²) in [7, 11) is 0. The molecule has 1 N–H and O–H groups in total.